The van der Waals surface area contributed by atoms with Crippen LogP contribution in [0.3, 0.4) is 0 Å². The zero-order valence-corrected chi connectivity index (χ0v) is 28.3. The summed E-state index contributed by atoms with van der Waals surface area (Å²) < 4.78 is 0. The molecule has 1 N–H and O–H groups in total. The van der Waals surface area contributed by atoms with Gasteiger partial charge in [-0.2, -0.15) is 0 Å². The second-order valence-corrected chi connectivity index (χ2v) is 17.2. The van der Waals surface area contributed by atoms with Crippen molar-refractivity contribution in [2.24, 2.45) is 62.6 Å². The molecule has 1 amide bonds. The van der Waals surface area contributed by atoms with Gasteiger partial charge in [-0.15, -0.1) is 10.1 Å². The lowest BCUT2D eigenvalue weighted by molar-refractivity contribution is -0.757. The molecule has 0 unspecified atom stereocenters. The number of rotatable bonds is 10. The van der Waals surface area contributed by atoms with Crippen molar-refractivity contribution >= 4 is 11.7 Å². The summed E-state index contributed by atoms with van der Waals surface area (Å²) in [6, 6.07) is 0. The molecule has 7 heteroatoms. The maximum atomic E-state index is 14.2. The Balaban J connectivity index is 1.34. The molecule has 0 aromatic carbocycles. The van der Waals surface area contributed by atoms with Crippen LogP contribution in [0.1, 0.15) is 138 Å². The third-order valence-electron chi connectivity index (χ3n) is 15.1. The number of nitrogens with zero attached hydrogens (tertiary/aromatic N) is 1. The lowest BCUT2D eigenvalue weighted by Crippen LogP contribution is -2.67. The number of unbranched alkanes of at least 4 members (excludes halogenated alkanes) is 3. The first-order valence-electron chi connectivity index (χ1n) is 17.7. The average Bonchev–Trinajstić information content (AvgIpc) is 3.34. The fraction of sp³-hybridized carbons (Fsp3) is 0.944. The van der Waals surface area contributed by atoms with E-state index >= 15 is 0 Å². The Bertz CT molecular complexity index is 1090. The summed E-state index contributed by atoms with van der Waals surface area (Å²) in [5.74, 6) is 4.08. The predicted molar refractivity (Wildman–Crippen MR) is 168 cm³/mol. The SMILES string of the molecule is CC(C)[C@@H]1CC[C@]2(C(=O)NCCCCCCO[N+](=O)[O-])CC[C@]3(C)[C@H](CC[C@@H]4[C@@]5(C)CCC(=O)C(C)(C)[C@@H]5CC[C@]43C)[C@@H]12. The van der Waals surface area contributed by atoms with E-state index in [0.29, 0.717) is 60.2 Å². The van der Waals surface area contributed by atoms with Gasteiger partial charge in [0.25, 0.3) is 5.09 Å². The second-order valence-electron chi connectivity index (χ2n) is 17.2. The Morgan fingerprint density at radius 2 is 1.63 bits per heavy atom. The smallest absolute Gasteiger partial charge is 0.294 e. The molecule has 244 valence electrons. The van der Waals surface area contributed by atoms with Gasteiger partial charge in [-0.05, 0) is 122 Å². The molecular formula is C36H60N2O5. The molecule has 0 bridgehead atoms. The molecule has 0 aromatic rings. The van der Waals surface area contributed by atoms with E-state index in [-0.39, 0.29) is 33.7 Å². The maximum absolute atomic E-state index is 14.2. The lowest BCUT2D eigenvalue weighted by atomic mass is 9.32. The van der Waals surface area contributed by atoms with Crippen molar-refractivity contribution in [3.8, 4) is 0 Å². The highest BCUT2D eigenvalue weighted by Crippen LogP contribution is 2.77. The van der Waals surface area contributed by atoms with Gasteiger partial charge in [-0.1, -0.05) is 61.3 Å². The second kappa shape index (κ2) is 11.6. The molecule has 0 saturated heterocycles. The third kappa shape index (κ3) is 5.05. The molecule has 43 heavy (non-hydrogen) atoms. The minimum Gasteiger partial charge on any atom is -0.356 e. The van der Waals surface area contributed by atoms with E-state index in [9.17, 15) is 19.7 Å². The highest BCUT2D eigenvalue weighted by Gasteiger charge is 2.71. The van der Waals surface area contributed by atoms with Crippen LogP contribution in [0.4, 0.5) is 0 Å². The zero-order valence-electron chi connectivity index (χ0n) is 28.3. The number of Topliss-reactive ketones (excluding diaryl/α,β-unsaturated/α-hetero) is 1. The van der Waals surface area contributed by atoms with Crippen LogP contribution in [-0.4, -0.2) is 29.9 Å². The van der Waals surface area contributed by atoms with Gasteiger partial charge >= 0.3 is 0 Å². The molecule has 5 aliphatic carbocycles. The van der Waals surface area contributed by atoms with E-state index in [2.05, 4.69) is 58.6 Å². The molecule has 0 aliphatic heterocycles. The summed E-state index contributed by atoms with van der Waals surface area (Å²) in [7, 11) is 0. The van der Waals surface area contributed by atoms with E-state index in [1.54, 1.807) is 0 Å². The maximum Gasteiger partial charge on any atom is 0.294 e. The quantitative estimate of drug-likeness (QED) is 0.155. The van der Waals surface area contributed by atoms with Gasteiger partial charge < -0.3 is 10.2 Å². The molecule has 5 rings (SSSR count). The van der Waals surface area contributed by atoms with Crippen molar-refractivity contribution < 1.29 is 19.5 Å². The fourth-order valence-corrected chi connectivity index (χ4v) is 12.7. The van der Waals surface area contributed by atoms with E-state index in [0.717, 1.165) is 64.2 Å². The largest absolute Gasteiger partial charge is 0.356 e. The number of hydrogen-bond donors (Lipinski definition) is 1. The van der Waals surface area contributed by atoms with Crippen LogP contribution in [0.15, 0.2) is 0 Å². The number of amides is 1. The number of carbonyl (C=O) groups is 2. The van der Waals surface area contributed by atoms with E-state index < -0.39 is 5.09 Å². The van der Waals surface area contributed by atoms with Crippen molar-refractivity contribution in [1.29, 1.82) is 0 Å². The van der Waals surface area contributed by atoms with Crippen LogP contribution in [0.2, 0.25) is 0 Å². The van der Waals surface area contributed by atoms with Crippen molar-refractivity contribution in [3.63, 3.8) is 0 Å². The number of carbonyl (C=O) groups excluding carboxylic acids is 2. The van der Waals surface area contributed by atoms with Gasteiger partial charge in [0.1, 0.15) is 5.78 Å². The van der Waals surface area contributed by atoms with Gasteiger partial charge in [0.05, 0.1) is 12.0 Å². The predicted octanol–water partition coefficient (Wildman–Crippen LogP) is 8.18. The first-order valence-corrected chi connectivity index (χ1v) is 17.7. The van der Waals surface area contributed by atoms with Crippen LogP contribution in [-0.2, 0) is 14.4 Å². The number of hydrogen-bond acceptors (Lipinski definition) is 5. The summed E-state index contributed by atoms with van der Waals surface area (Å²) >= 11 is 0. The molecule has 7 nitrogen and oxygen atoms in total. The standard InChI is InChI=1S/C36H60N2O5/c1-24(2)25-14-19-36(31(40)37-22-10-8-9-11-23-43-38(41)42)21-20-34(6)26(30(25)36)12-13-28-33(5)17-16-29(39)32(3,4)27(33)15-18-35(28,34)7/h24-28,30H,8-23H2,1-7H3,(H,37,40)/t25-,26+,27-,28+,30+,33-,34+,35+,36-/m0/s1. The molecule has 0 spiro atoms. The minimum absolute atomic E-state index is 0.149. The van der Waals surface area contributed by atoms with E-state index in [4.69, 9.17) is 0 Å². The van der Waals surface area contributed by atoms with Crippen LogP contribution >= 0.6 is 0 Å². The Morgan fingerprint density at radius 3 is 2.33 bits per heavy atom. The third-order valence-corrected chi connectivity index (χ3v) is 15.1. The zero-order chi connectivity index (χ0) is 31.4. The molecule has 5 saturated carbocycles. The lowest BCUT2D eigenvalue weighted by Gasteiger charge is -2.72. The Kier molecular flexibility index (Phi) is 8.83. The molecule has 5 fully saturated rings. The molecule has 0 aromatic heterocycles. The molecule has 9 atom stereocenters. The highest BCUT2D eigenvalue weighted by molar-refractivity contribution is 5.85. The average molecular weight is 601 g/mol. The number of ketones is 1. The molecular weight excluding hydrogens is 540 g/mol. The van der Waals surface area contributed by atoms with Gasteiger partial charge in [0.15, 0.2) is 0 Å². The first kappa shape index (κ1) is 32.7. The van der Waals surface area contributed by atoms with Crippen molar-refractivity contribution in [3.05, 3.63) is 10.1 Å². The highest BCUT2D eigenvalue weighted by atomic mass is 16.9. The van der Waals surface area contributed by atoms with Crippen molar-refractivity contribution in [1.82, 2.24) is 5.32 Å². The van der Waals surface area contributed by atoms with E-state index in [1.807, 2.05) is 0 Å². The minimum atomic E-state index is -0.728. The Hall–Kier alpha value is -1.66. The van der Waals surface area contributed by atoms with Crippen molar-refractivity contribution in [2.45, 2.75) is 138 Å². The van der Waals surface area contributed by atoms with Crippen molar-refractivity contribution in [2.75, 3.05) is 13.2 Å². The fourth-order valence-electron chi connectivity index (χ4n) is 12.7. The summed E-state index contributed by atoms with van der Waals surface area (Å²) in [6.45, 7) is 17.9. The van der Waals surface area contributed by atoms with Crippen LogP contribution in [0.5, 0.6) is 0 Å². The van der Waals surface area contributed by atoms with Gasteiger partial charge in [0.2, 0.25) is 5.91 Å². The summed E-state index contributed by atoms with van der Waals surface area (Å²) in [4.78, 5) is 42.1. The Labute approximate surface area is 260 Å². The molecule has 0 radical (unpaired) electrons. The monoisotopic (exact) mass is 600 g/mol. The Morgan fingerprint density at radius 1 is 0.907 bits per heavy atom. The first-order chi connectivity index (χ1) is 20.1. The van der Waals surface area contributed by atoms with Gasteiger partial charge in [-0.25, -0.2) is 0 Å². The normalized spacial score (nSPS) is 43.3. The summed E-state index contributed by atoms with van der Waals surface area (Å²) in [6.07, 6.45) is 14.3. The molecule has 5 aliphatic rings. The van der Waals surface area contributed by atoms with Crippen LogP contribution in [0.25, 0.3) is 0 Å². The van der Waals surface area contributed by atoms with Crippen LogP contribution in [0, 0.1) is 72.7 Å². The van der Waals surface area contributed by atoms with Gasteiger partial charge in [0, 0.05) is 18.4 Å². The van der Waals surface area contributed by atoms with Gasteiger partial charge in [-0.3, -0.25) is 9.59 Å². The van der Waals surface area contributed by atoms with E-state index in [1.165, 1.54) is 19.3 Å². The number of nitrogens with one attached hydrogen (secondary N) is 1. The van der Waals surface area contributed by atoms with Crippen LogP contribution < -0.4 is 5.32 Å². The molecule has 0 heterocycles. The topological polar surface area (TPSA) is 98.5 Å². The summed E-state index contributed by atoms with van der Waals surface area (Å²) in [5.41, 5.74) is 0.203. The summed E-state index contributed by atoms with van der Waals surface area (Å²) in [5, 5.41) is 13.0. The number of fused-ring (bicyclic) bond motifs is 7.